The number of ether oxygens (including phenoxy) is 2. The Bertz CT molecular complexity index is 990. The Kier molecular flexibility index (Phi) is 7.33. The zero-order valence-electron chi connectivity index (χ0n) is 17.7. The van der Waals surface area contributed by atoms with Crippen LogP contribution in [0.2, 0.25) is 0 Å². The van der Waals surface area contributed by atoms with Crippen molar-refractivity contribution in [3.8, 4) is 5.75 Å². The fourth-order valence-corrected chi connectivity index (χ4v) is 4.20. The molecule has 1 heterocycles. The summed E-state index contributed by atoms with van der Waals surface area (Å²) in [6.45, 7) is 3.73. The summed E-state index contributed by atoms with van der Waals surface area (Å²) in [7, 11) is 1.57. The van der Waals surface area contributed by atoms with Crippen molar-refractivity contribution < 1.29 is 23.9 Å². The summed E-state index contributed by atoms with van der Waals surface area (Å²) < 4.78 is 11.3. The van der Waals surface area contributed by atoms with Gasteiger partial charge in [-0.1, -0.05) is 22.9 Å². The molecule has 0 bridgehead atoms. The number of halogens is 1. The number of rotatable bonds is 7. The van der Waals surface area contributed by atoms with Crippen LogP contribution in [-0.4, -0.2) is 38.0 Å². The lowest BCUT2D eigenvalue weighted by Crippen LogP contribution is -2.28. The summed E-state index contributed by atoms with van der Waals surface area (Å²) in [5, 5.41) is 2.83. The highest BCUT2D eigenvalue weighted by Gasteiger charge is 2.36. The number of nitrogens with one attached hydrogen (secondary N) is 1. The molecule has 2 aromatic carbocycles. The van der Waals surface area contributed by atoms with E-state index in [9.17, 15) is 14.4 Å². The number of carbonyl (C=O) groups excluding carboxylic acids is 3. The maximum atomic E-state index is 12.5. The second-order valence-corrected chi connectivity index (χ2v) is 8.29. The van der Waals surface area contributed by atoms with Gasteiger partial charge in [-0.05, 0) is 60.9 Å². The third-order valence-electron chi connectivity index (χ3n) is 5.22. The van der Waals surface area contributed by atoms with Crippen molar-refractivity contribution in [1.29, 1.82) is 0 Å². The number of carbonyl (C=O) groups is 3. The van der Waals surface area contributed by atoms with Crippen LogP contribution in [0, 0.1) is 12.8 Å². The predicted octanol–water partition coefficient (Wildman–Crippen LogP) is 3.86. The lowest BCUT2D eigenvalue weighted by Gasteiger charge is -2.17. The summed E-state index contributed by atoms with van der Waals surface area (Å²) in [4.78, 5) is 38.7. The smallest absolute Gasteiger partial charge is 0.311 e. The Hall–Kier alpha value is -2.87. The van der Waals surface area contributed by atoms with Crippen molar-refractivity contribution in [2.45, 2.75) is 26.7 Å². The van der Waals surface area contributed by atoms with E-state index in [-0.39, 0.29) is 18.9 Å². The minimum absolute atomic E-state index is 0.0539. The lowest BCUT2D eigenvalue weighted by atomic mass is 10.1. The third kappa shape index (κ3) is 5.44. The summed E-state index contributed by atoms with van der Waals surface area (Å²) in [5.41, 5.74) is 3.33. The highest BCUT2D eigenvalue weighted by Crippen LogP contribution is 2.28. The second-order valence-electron chi connectivity index (χ2n) is 7.37. The van der Waals surface area contributed by atoms with Crippen LogP contribution in [-0.2, 0) is 25.5 Å². The van der Waals surface area contributed by atoms with Gasteiger partial charge >= 0.3 is 5.97 Å². The van der Waals surface area contributed by atoms with Crippen LogP contribution in [0.4, 0.5) is 11.4 Å². The fraction of sp³-hybridized carbons (Fsp3) is 0.348. The Labute approximate surface area is 189 Å². The number of benzene rings is 2. The van der Waals surface area contributed by atoms with E-state index in [1.807, 2.05) is 26.0 Å². The van der Waals surface area contributed by atoms with Crippen molar-refractivity contribution >= 4 is 45.1 Å². The monoisotopic (exact) mass is 488 g/mol. The molecule has 1 fully saturated rings. The van der Waals surface area contributed by atoms with Gasteiger partial charge in [-0.2, -0.15) is 0 Å². The normalized spacial score (nSPS) is 15.7. The third-order valence-corrected chi connectivity index (χ3v) is 5.67. The van der Waals surface area contributed by atoms with E-state index in [1.54, 1.807) is 36.3 Å². The SMILES string of the molecule is CCc1cc(Br)cc(C)c1NC(=O)COC(=O)C1CC(=O)N(c2ccc(OC)cc2)C1. The first-order valence-electron chi connectivity index (χ1n) is 10.0. The molecular formula is C23H25BrN2O5. The molecule has 31 heavy (non-hydrogen) atoms. The quantitative estimate of drug-likeness (QED) is 0.598. The highest BCUT2D eigenvalue weighted by molar-refractivity contribution is 9.10. The summed E-state index contributed by atoms with van der Waals surface area (Å²) in [6, 6.07) is 10.9. The van der Waals surface area contributed by atoms with Gasteiger partial charge in [-0.25, -0.2) is 0 Å². The minimum Gasteiger partial charge on any atom is -0.497 e. The van der Waals surface area contributed by atoms with Crippen LogP contribution >= 0.6 is 15.9 Å². The molecule has 8 heteroatoms. The predicted molar refractivity (Wildman–Crippen MR) is 121 cm³/mol. The van der Waals surface area contributed by atoms with E-state index in [2.05, 4.69) is 21.2 Å². The van der Waals surface area contributed by atoms with Gasteiger partial charge in [0.05, 0.1) is 13.0 Å². The minimum atomic E-state index is -0.608. The first kappa shape index (κ1) is 22.8. The van der Waals surface area contributed by atoms with Crippen LogP contribution in [0.5, 0.6) is 5.75 Å². The maximum absolute atomic E-state index is 12.5. The molecule has 1 aliphatic heterocycles. The summed E-state index contributed by atoms with van der Waals surface area (Å²) in [6.07, 6.45) is 0.805. The molecule has 2 amide bonds. The van der Waals surface area contributed by atoms with Gasteiger partial charge < -0.3 is 19.7 Å². The molecule has 7 nitrogen and oxygen atoms in total. The van der Waals surface area contributed by atoms with Crippen molar-refractivity contribution in [2.24, 2.45) is 5.92 Å². The van der Waals surface area contributed by atoms with Crippen LogP contribution in [0.15, 0.2) is 40.9 Å². The zero-order valence-corrected chi connectivity index (χ0v) is 19.3. The molecule has 1 unspecified atom stereocenters. The molecule has 0 radical (unpaired) electrons. The van der Waals surface area contributed by atoms with Crippen LogP contribution < -0.4 is 15.0 Å². The summed E-state index contributed by atoms with van der Waals surface area (Å²) in [5.74, 6) is -1.05. The fourth-order valence-electron chi connectivity index (χ4n) is 3.58. The van der Waals surface area contributed by atoms with E-state index in [0.29, 0.717) is 11.4 Å². The van der Waals surface area contributed by atoms with Crippen molar-refractivity contribution in [3.05, 3.63) is 52.0 Å². The van der Waals surface area contributed by atoms with E-state index in [0.717, 1.165) is 27.7 Å². The van der Waals surface area contributed by atoms with E-state index >= 15 is 0 Å². The Balaban J connectivity index is 1.56. The Morgan fingerprint density at radius 3 is 2.58 bits per heavy atom. The lowest BCUT2D eigenvalue weighted by molar-refractivity contribution is -0.151. The standard InChI is InChI=1S/C23H25BrN2O5/c1-4-15-10-17(24)9-14(2)22(15)25-20(27)13-31-23(29)16-11-21(28)26(12-16)18-5-7-19(30-3)8-6-18/h5-10,16H,4,11-13H2,1-3H3,(H,25,27). The molecule has 164 valence electrons. The van der Waals surface area contributed by atoms with E-state index in [1.165, 1.54) is 0 Å². The van der Waals surface area contributed by atoms with Gasteiger partial charge in [0.25, 0.3) is 5.91 Å². The molecule has 0 spiro atoms. The topological polar surface area (TPSA) is 84.9 Å². The van der Waals surface area contributed by atoms with Gasteiger partial charge in [0.1, 0.15) is 5.75 Å². The van der Waals surface area contributed by atoms with Gasteiger partial charge in [0, 0.05) is 28.8 Å². The number of amides is 2. The average molecular weight is 489 g/mol. The Morgan fingerprint density at radius 1 is 1.23 bits per heavy atom. The van der Waals surface area contributed by atoms with Crippen molar-refractivity contribution in [2.75, 3.05) is 30.5 Å². The average Bonchev–Trinajstić information content (AvgIpc) is 3.15. The van der Waals surface area contributed by atoms with Crippen LogP contribution in [0.3, 0.4) is 0 Å². The molecule has 0 aliphatic carbocycles. The second kappa shape index (κ2) is 9.96. The van der Waals surface area contributed by atoms with Crippen molar-refractivity contribution in [1.82, 2.24) is 0 Å². The van der Waals surface area contributed by atoms with Gasteiger partial charge in [-0.15, -0.1) is 0 Å². The number of nitrogens with zero attached hydrogens (tertiary/aromatic N) is 1. The number of hydrogen-bond donors (Lipinski definition) is 1. The largest absolute Gasteiger partial charge is 0.497 e. The van der Waals surface area contributed by atoms with Gasteiger partial charge in [0.2, 0.25) is 5.91 Å². The van der Waals surface area contributed by atoms with Gasteiger partial charge in [0.15, 0.2) is 6.61 Å². The molecule has 1 N–H and O–H groups in total. The molecule has 0 saturated carbocycles. The van der Waals surface area contributed by atoms with Crippen LogP contribution in [0.25, 0.3) is 0 Å². The molecule has 0 aromatic heterocycles. The van der Waals surface area contributed by atoms with E-state index < -0.39 is 24.4 Å². The summed E-state index contributed by atoms with van der Waals surface area (Å²) >= 11 is 3.46. The molecule has 1 saturated heterocycles. The molecule has 1 aliphatic rings. The van der Waals surface area contributed by atoms with Crippen LogP contribution in [0.1, 0.15) is 24.5 Å². The number of hydrogen-bond acceptors (Lipinski definition) is 5. The molecule has 3 rings (SSSR count). The van der Waals surface area contributed by atoms with E-state index in [4.69, 9.17) is 9.47 Å². The zero-order chi connectivity index (χ0) is 22.5. The number of aryl methyl sites for hydroxylation is 2. The van der Waals surface area contributed by atoms with Crippen molar-refractivity contribution in [3.63, 3.8) is 0 Å². The first-order chi connectivity index (χ1) is 14.8. The maximum Gasteiger partial charge on any atom is 0.311 e. The molecular weight excluding hydrogens is 464 g/mol. The Morgan fingerprint density at radius 2 is 1.94 bits per heavy atom. The molecule has 2 aromatic rings. The molecule has 1 atom stereocenters. The number of methoxy groups -OCH3 is 1. The first-order valence-corrected chi connectivity index (χ1v) is 10.8. The van der Waals surface area contributed by atoms with Gasteiger partial charge in [-0.3, -0.25) is 14.4 Å². The number of esters is 1. The number of anilines is 2. The highest BCUT2D eigenvalue weighted by atomic mass is 79.9.